The van der Waals surface area contributed by atoms with Crippen LogP contribution in [-0.2, 0) is 6.18 Å². The van der Waals surface area contributed by atoms with E-state index in [1.165, 1.54) is 13.3 Å². The number of pyridine rings is 1. The molecule has 38 heavy (non-hydrogen) atoms. The predicted molar refractivity (Wildman–Crippen MR) is 135 cm³/mol. The third-order valence-corrected chi connectivity index (χ3v) is 6.34. The van der Waals surface area contributed by atoms with Crippen molar-refractivity contribution in [3.8, 4) is 34.2 Å². The zero-order valence-electron chi connectivity index (χ0n) is 19.4. The van der Waals surface area contributed by atoms with Gasteiger partial charge in [0, 0.05) is 22.9 Å². The molecule has 0 radical (unpaired) electrons. The van der Waals surface area contributed by atoms with Gasteiger partial charge in [0.15, 0.2) is 15.6 Å². The van der Waals surface area contributed by atoms with Crippen molar-refractivity contribution in [2.75, 3.05) is 12.4 Å². The average molecular weight is 533 g/mol. The van der Waals surface area contributed by atoms with E-state index < -0.39 is 17.8 Å². The van der Waals surface area contributed by atoms with Gasteiger partial charge in [-0.15, -0.1) is 0 Å². The fourth-order valence-electron chi connectivity index (χ4n) is 3.68. The molecule has 0 saturated carbocycles. The molecular weight excluding hydrogens is 517 g/mol. The number of methoxy groups -OCH3 is 1. The molecule has 0 saturated heterocycles. The molecule has 5 rings (SSSR count). The van der Waals surface area contributed by atoms with Crippen LogP contribution in [0.15, 0.2) is 67.0 Å². The number of aromatic nitrogens is 4. The number of thiazole rings is 1. The summed E-state index contributed by atoms with van der Waals surface area (Å²) in [5, 5.41) is 11.8. The highest BCUT2D eigenvalue weighted by Crippen LogP contribution is 2.37. The standard InChI is InChI=1S/C26H15F3N6O2S/c1-37-20-5-3-2-4-16(20)17-10-21(26(27,28)29)31-12-18(17)23(36)35-25-34-22-24(38-25)33-19(13-32-22)15-8-6-14(11-30)7-9-15/h2-10,12-13H,1H3,(H,32,34,35,36). The number of alkyl halides is 3. The lowest BCUT2D eigenvalue weighted by Gasteiger charge is -2.14. The topological polar surface area (TPSA) is 114 Å². The molecule has 0 fully saturated rings. The molecular formula is C26H15F3N6O2S. The number of hydrogen-bond acceptors (Lipinski definition) is 8. The molecule has 8 nitrogen and oxygen atoms in total. The summed E-state index contributed by atoms with van der Waals surface area (Å²) >= 11 is 1.06. The van der Waals surface area contributed by atoms with Crippen LogP contribution < -0.4 is 10.1 Å². The van der Waals surface area contributed by atoms with Crippen LogP contribution in [0, 0.1) is 11.3 Å². The van der Waals surface area contributed by atoms with Gasteiger partial charge in [-0.1, -0.05) is 41.7 Å². The number of anilines is 1. The van der Waals surface area contributed by atoms with Crippen molar-refractivity contribution in [1.82, 2.24) is 19.9 Å². The van der Waals surface area contributed by atoms with E-state index in [1.54, 1.807) is 48.5 Å². The smallest absolute Gasteiger partial charge is 0.433 e. The second-order valence-electron chi connectivity index (χ2n) is 7.86. The summed E-state index contributed by atoms with van der Waals surface area (Å²) in [5.74, 6) is -0.414. The fourth-order valence-corrected chi connectivity index (χ4v) is 4.47. The first-order valence-electron chi connectivity index (χ1n) is 10.9. The second-order valence-corrected chi connectivity index (χ2v) is 8.84. The normalized spacial score (nSPS) is 11.2. The maximum absolute atomic E-state index is 13.4. The Balaban J connectivity index is 1.49. The molecule has 0 atom stereocenters. The first-order valence-corrected chi connectivity index (χ1v) is 11.7. The number of fused-ring (bicyclic) bond motifs is 1. The van der Waals surface area contributed by atoms with Crippen LogP contribution in [-0.4, -0.2) is 33.0 Å². The molecule has 1 N–H and O–H groups in total. The number of nitrogens with zero attached hydrogens (tertiary/aromatic N) is 5. The van der Waals surface area contributed by atoms with E-state index in [2.05, 4.69) is 31.3 Å². The van der Waals surface area contributed by atoms with Crippen LogP contribution in [0.25, 0.3) is 32.9 Å². The lowest BCUT2D eigenvalue weighted by atomic mass is 9.99. The molecule has 1 amide bonds. The zero-order valence-corrected chi connectivity index (χ0v) is 20.3. The fraction of sp³-hybridized carbons (Fsp3) is 0.0769. The van der Waals surface area contributed by atoms with Crippen molar-refractivity contribution in [3.63, 3.8) is 0 Å². The number of amides is 1. The number of nitrogens with one attached hydrogen (secondary N) is 1. The zero-order chi connectivity index (χ0) is 26.9. The molecule has 5 aromatic rings. The number of benzene rings is 2. The maximum atomic E-state index is 13.4. The van der Waals surface area contributed by atoms with Gasteiger partial charge in [0.05, 0.1) is 36.2 Å². The summed E-state index contributed by atoms with van der Waals surface area (Å²) in [5.41, 5.74) is 1.16. The third kappa shape index (κ3) is 4.87. The number of carbonyl (C=O) groups excluding carboxylic acids is 1. The molecule has 2 aromatic carbocycles. The number of carbonyl (C=O) groups is 1. The van der Waals surface area contributed by atoms with Crippen molar-refractivity contribution in [1.29, 1.82) is 5.26 Å². The van der Waals surface area contributed by atoms with Crippen LogP contribution in [0.2, 0.25) is 0 Å². The van der Waals surface area contributed by atoms with E-state index >= 15 is 0 Å². The van der Waals surface area contributed by atoms with Crippen LogP contribution in [0.3, 0.4) is 0 Å². The highest BCUT2D eigenvalue weighted by molar-refractivity contribution is 7.21. The van der Waals surface area contributed by atoms with Crippen molar-refractivity contribution in [2.24, 2.45) is 0 Å². The summed E-state index contributed by atoms with van der Waals surface area (Å²) in [7, 11) is 1.39. The Morgan fingerprint density at radius 1 is 1.03 bits per heavy atom. The Kier molecular flexibility index (Phi) is 6.44. The third-order valence-electron chi connectivity index (χ3n) is 5.49. The summed E-state index contributed by atoms with van der Waals surface area (Å²) < 4.78 is 45.6. The summed E-state index contributed by atoms with van der Waals surface area (Å²) in [6, 6.07) is 16.1. The lowest BCUT2D eigenvalue weighted by Crippen LogP contribution is -2.16. The van der Waals surface area contributed by atoms with Gasteiger partial charge in [0.25, 0.3) is 5.91 Å². The molecule has 0 unspecified atom stereocenters. The van der Waals surface area contributed by atoms with Crippen molar-refractivity contribution >= 4 is 32.9 Å². The Morgan fingerprint density at radius 2 is 1.79 bits per heavy atom. The minimum atomic E-state index is -4.71. The predicted octanol–water partition coefficient (Wildman–Crippen LogP) is 5.97. The monoisotopic (exact) mass is 532 g/mol. The van der Waals surface area contributed by atoms with Crippen LogP contribution in [0.4, 0.5) is 18.3 Å². The van der Waals surface area contributed by atoms with E-state index in [-0.39, 0.29) is 21.9 Å². The highest BCUT2D eigenvalue weighted by atomic mass is 32.1. The summed E-state index contributed by atoms with van der Waals surface area (Å²) in [4.78, 5) is 30.2. The van der Waals surface area contributed by atoms with E-state index in [9.17, 15) is 18.0 Å². The van der Waals surface area contributed by atoms with E-state index in [0.29, 0.717) is 27.4 Å². The Bertz CT molecular complexity index is 1710. The van der Waals surface area contributed by atoms with Crippen LogP contribution in [0.1, 0.15) is 21.6 Å². The second kappa shape index (κ2) is 9.87. The van der Waals surface area contributed by atoms with Crippen LogP contribution in [0.5, 0.6) is 5.75 Å². The average Bonchev–Trinajstić information content (AvgIpc) is 3.33. The van der Waals surface area contributed by atoms with Gasteiger partial charge in [0.1, 0.15) is 11.4 Å². The number of hydrogen-bond donors (Lipinski definition) is 1. The molecule has 0 spiro atoms. The molecule has 188 valence electrons. The number of halogens is 3. The Labute approximate surface area is 217 Å². The van der Waals surface area contributed by atoms with Crippen molar-refractivity contribution < 1.29 is 22.7 Å². The van der Waals surface area contributed by atoms with Gasteiger partial charge in [-0.05, 0) is 24.3 Å². The SMILES string of the molecule is COc1ccccc1-c1cc(C(F)(F)F)ncc1C(=O)Nc1nc2ncc(-c3ccc(C#N)cc3)nc2s1. The minimum Gasteiger partial charge on any atom is -0.496 e. The largest absolute Gasteiger partial charge is 0.496 e. The summed E-state index contributed by atoms with van der Waals surface area (Å²) in [6.07, 6.45) is -2.30. The van der Waals surface area contributed by atoms with Crippen molar-refractivity contribution in [2.45, 2.75) is 6.18 Å². The van der Waals surface area contributed by atoms with Gasteiger partial charge in [-0.2, -0.15) is 23.4 Å². The molecule has 0 bridgehead atoms. The summed E-state index contributed by atoms with van der Waals surface area (Å²) in [6.45, 7) is 0. The maximum Gasteiger partial charge on any atom is 0.433 e. The van der Waals surface area contributed by atoms with E-state index in [0.717, 1.165) is 29.2 Å². The number of ether oxygens (including phenoxy) is 1. The minimum absolute atomic E-state index is 0.00254. The van der Waals surface area contributed by atoms with Crippen molar-refractivity contribution in [3.05, 3.63) is 83.8 Å². The molecule has 3 aromatic heterocycles. The van der Waals surface area contributed by atoms with Gasteiger partial charge < -0.3 is 4.74 Å². The van der Waals surface area contributed by atoms with Gasteiger partial charge >= 0.3 is 6.18 Å². The lowest BCUT2D eigenvalue weighted by molar-refractivity contribution is -0.141. The van der Waals surface area contributed by atoms with Gasteiger partial charge in [-0.25, -0.2) is 9.97 Å². The Hall–Kier alpha value is -4.89. The number of nitriles is 1. The molecule has 0 aliphatic heterocycles. The highest BCUT2D eigenvalue weighted by Gasteiger charge is 2.34. The number of para-hydroxylation sites is 1. The van der Waals surface area contributed by atoms with E-state index in [4.69, 9.17) is 10.00 Å². The van der Waals surface area contributed by atoms with Gasteiger partial charge in [-0.3, -0.25) is 15.1 Å². The first-order chi connectivity index (χ1) is 18.3. The first kappa shape index (κ1) is 24.8. The molecule has 3 heterocycles. The molecule has 12 heteroatoms. The number of rotatable bonds is 5. The van der Waals surface area contributed by atoms with Gasteiger partial charge in [0.2, 0.25) is 0 Å². The van der Waals surface area contributed by atoms with E-state index in [1.807, 2.05) is 0 Å². The quantitative estimate of drug-likeness (QED) is 0.297. The Morgan fingerprint density at radius 3 is 2.50 bits per heavy atom. The molecule has 0 aliphatic rings. The molecule has 0 aliphatic carbocycles. The van der Waals surface area contributed by atoms with Crippen LogP contribution >= 0.6 is 11.3 Å².